The number of aryl methyl sites for hydroxylation is 2. The van der Waals surface area contributed by atoms with Crippen molar-refractivity contribution in [1.82, 2.24) is 0 Å². The molecule has 2 aromatic heterocycles. The number of nitrogens with zero attached hydrogens (tertiary/aromatic N) is 2. The Morgan fingerprint density at radius 3 is 2.67 bits per heavy atom. The Labute approximate surface area is 159 Å². The van der Waals surface area contributed by atoms with E-state index < -0.39 is 0 Å². The smallest absolute Gasteiger partial charge is 0.212 e. The van der Waals surface area contributed by atoms with Gasteiger partial charge in [-0.1, -0.05) is 26.0 Å². The zero-order chi connectivity index (χ0) is 19.1. The van der Waals surface area contributed by atoms with Gasteiger partial charge in [0, 0.05) is 28.5 Å². The molecule has 0 saturated carbocycles. The van der Waals surface area contributed by atoms with E-state index in [4.69, 9.17) is 11.0 Å². The molecule has 2 heterocycles. The molecule has 3 nitrogen and oxygen atoms in total. The second-order valence-corrected chi connectivity index (χ2v) is 7.62. The molecule has 27 heavy (non-hydrogen) atoms. The third-order valence-corrected chi connectivity index (χ3v) is 5.10. The van der Waals surface area contributed by atoms with E-state index in [0.29, 0.717) is 11.6 Å². The van der Waals surface area contributed by atoms with Gasteiger partial charge >= 0.3 is 0 Å². The van der Waals surface area contributed by atoms with Crippen molar-refractivity contribution in [2.24, 2.45) is 13.0 Å². The van der Waals surface area contributed by atoms with Crippen LogP contribution in [0, 0.1) is 19.4 Å². The summed E-state index contributed by atoms with van der Waals surface area (Å²) in [4.78, 5) is 3.77. The van der Waals surface area contributed by atoms with Gasteiger partial charge in [0.25, 0.3) is 0 Å². The van der Waals surface area contributed by atoms with Gasteiger partial charge in [-0.05, 0) is 48.6 Å². The zero-order valence-electron chi connectivity index (χ0n) is 16.2. The maximum Gasteiger partial charge on any atom is 0.212 e. The summed E-state index contributed by atoms with van der Waals surface area (Å²) in [6, 6.07) is 14.5. The molecule has 0 aliphatic heterocycles. The lowest BCUT2D eigenvalue weighted by Crippen LogP contribution is -2.30. The highest BCUT2D eigenvalue weighted by atomic mass is 16.3. The summed E-state index contributed by atoms with van der Waals surface area (Å²) in [5.74, 6) is 0.529. The Hall–Kier alpha value is -3.12. The van der Waals surface area contributed by atoms with Gasteiger partial charge in [0.15, 0.2) is 11.9 Å². The van der Waals surface area contributed by atoms with Gasteiger partial charge in [-0.25, -0.2) is 9.41 Å². The van der Waals surface area contributed by atoms with Crippen molar-refractivity contribution in [3.8, 4) is 11.3 Å². The first-order valence-corrected chi connectivity index (χ1v) is 9.31. The Balaban J connectivity index is 2.07. The number of pyridine rings is 1. The van der Waals surface area contributed by atoms with Gasteiger partial charge < -0.3 is 4.42 Å². The first kappa shape index (κ1) is 17.3. The minimum absolute atomic E-state index is 0.529. The van der Waals surface area contributed by atoms with E-state index in [9.17, 15) is 0 Å². The van der Waals surface area contributed by atoms with Crippen LogP contribution in [0.5, 0.6) is 0 Å². The second kappa shape index (κ2) is 6.55. The van der Waals surface area contributed by atoms with Gasteiger partial charge in [0.05, 0.1) is 6.57 Å². The standard InChI is InChI=1S/C24H23N2O/c1-15(2)12-17-9-10-20(25-4)23-19-14-18(21-8-6-7-11-26(21)5)16(3)13-22(19)27-24(17)23/h6-11,13-15H,12H2,1-3,5H3/q+1. The quantitative estimate of drug-likeness (QED) is 0.320. The third kappa shape index (κ3) is 2.88. The molecule has 4 aromatic rings. The van der Waals surface area contributed by atoms with Crippen molar-refractivity contribution in [2.75, 3.05) is 0 Å². The molecule has 2 aromatic carbocycles. The molecule has 0 aliphatic rings. The minimum Gasteiger partial charge on any atom is -0.457 e. The maximum atomic E-state index is 7.63. The first-order chi connectivity index (χ1) is 13.0. The predicted molar refractivity (Wildman–Crippen MR) is 110 cm³/mol. The molecule has 0 unspecified atom stereocenters. The fourth-order valence-corrected chi connectivity index (χ4v) is 3.84. The molecule has 0 saturated heterocycles. The molecule has 134 valence electrons. The van der Waals surface area contributed by atoms with Crippen LogP contribution >= 0.6 is 0 Å². The summed E-state index contributed by atoms with van der Waals surface area (Å²) in [5.41, 5.74) is 7.02. The van der Waals surface area contributed by atoms with Crippen LogP contribution in [-0.2, 0) is 13.5 Å². The normalized spacial score (nSPS) is 11.4. The lowest BCUT2D eigenvalue weighted by atomic mass is 9.97. The monoisotopic (exact) mass is 355 g/mol. The van der Waals surface area contributed by atoms with Gasteiger partial charge in [0.1, 0.15) is 18.2 Å². The molecule has 0 spiro atoms. The Morgan fingerprint density at radius 2 is 1.96 bits per heavy atom. The van der Waals surface area contributed by atoms with Crippen LogP contribution in [0.4, 0.5) is 5.69 Å². The van der Waals surface area contributed by atoms with Crippen LogP contribution < -0.4 is 4.57 Å². The van der Waals surface area contributed by atoms with E-state index in [1.165, 1.54) is 11.1 Å². The van der Waals surface area contributed by atoms with Crippen LogP contribution in [0.2, 0.25) is 0 Å². The van der Waals surface area contributed by atoms with Crippen molar-refractivity contribution in [3.63, 3.8) is 0 Å². The minimum atomic E-state index is 0.529. The number of fused-ring (bicyclic) bond motifs is 3. The van der Waals surface area contributed by atoms with Crippen LogP contribution in [-0.4, -0.2) is 0 Å². The molecule has 0 radical (unpaired) electrons. The molecular weight excluding hydrogens is 332 g/mol. The lowest BCUT2D eigenvalue weighted by Gasteiger charge is -2.06. The number of rotatable bonds is 3. The van der Waals surface area contributed by atoms with E-state index in [0.717, 1.165) is 39.6 Å². The van der Waals surface area contributed by atoms with Gasteiger partial charge in [-0.2, -0.15) is 0 Å². The predicted octanol–water partition coefficient (Wildman–Crippen LogP) is 6.14. The summed E-state index contributed by atoms with van der Waals surface area (Å²) in [5, 5.41) is 1.96. The van der Waals surface area contributed by atoms with E-state index in [-0.39, 0.29) is 0 Å². The molecule has 0 amide bonds. The first-order valence-electron chi connectivity index (χ1n) is 9.31. The average Bonchev–Trinajstić information content (AvgIpc) is 3.00. The van der Waals surface area contributed by atoms with Crippen LogP contribution in [0.3, 0.4) is 0 Å². The van der Waals surface area contributed by atoms with Gasteiger partial charge in [0.2, 0.25) is 5.69 Å². The Morgan fingerprint density at radius 1 is 1.15 bits per heavy atom. The number of hydrogen-bond donors (Lipinski definition) is 0. The largest absolute Gasteiger partial charge is 0.457 e. The highest BCUT2D eigenvalue weighted by Gasteiger charge is 2.19. The number of furan rings is 1. The highest BCUT2D eigenvalue weighted by Crippen LogP contribution is 2.40. The summed E-state index contributed by atoms with van der Waals surface area (Å²) in [6.07, 6.45) is 2.99. The van der Waals surface area contributed by atoms with Crippen molar-refractivity contribution in [1.29, 1.82) is 0 Å². The van der Waals surface area contributed by atoms with Crippen molar-refractivity contribution < 1.29 is 8.98 Å². The van der Waals surface area contributed by atoms with Crippen molar-refractivity contribution >= 4 is 27.6 Å². The molecule has 0 aliphatic carbocycles. The molecule has 0 bridgehead atoms. The highest BCUT2D eigenvalue weighted by molar-refractivity contribution is 6.13. The fourth-order valence-electron chi connectivity index (χ4n) is 3.84. The van der Waals surface area contributed by atoms with Crippen LogP contribution in [0.1, 0.15) is 25.0 Å². The van der Waals surface area contributed by atoms with E-state index in [2.05, 4.69) is 67.7 Å². The Kier molecular flexibility index (Phi) is 4.20. The second-order valence-electron chi connectivity index (χ2n) is 7.62. The van der Waals surface area contributed by atoms with E-state index in [1.807, 2.05) is 18.2 Å². The molecular formula is C24H23N2O+. The summed E-state index contributed by atoms with van der Waals surface area (Å²) < 4.78 is 8.40. The summed E-state index contributed by atoms with van der Waals surface area (Å²) in [6.45, 7) is 14.1. The topological polar surface area (TPSA) is 21.4 Å². The molecule has 3 heteroatoms. The number of aromatic nitrogens is 1. The molecule has 4 rings (SSSR count). The van der Waals surface area contributed by atoms with E-state index >= 15 is 0 Å². The average molecular weight is 355 g/mol. The maximum absolute atomic E-state index is 7.63. The third-order valence-electron chi connectivity index (χ3n) is 5.10. The Bertz CT molecular complexity index is 1210. The number of hydrogen-bond acceptors (Lipinski definition) is 1. The van der Waals surface area contributed by atoms with Crippen LogP contribution in [0.15, 0.2) is 53.1 Å². The lowest BCUT2D eigenvalue weighted by molar-refractivity contribution is -0.660. The van der Waals surface area contributed by atoms with Crippen molar-refractivity contribution in [3.05, 3.63) is 71.2 Å². The molecule has 0 fully saturated rings. The van der Waals surface area contributed by atoms with Crippen molar-refractivity contribution in [2.45, 2.75) is 27.2 Å². The SMILES string of the molecule is [C-]#[N+]c1ccc(CC(C)C)c2oc3cc(C)c(-c4cccc[n+]4C)cc3c12. The van der Waals surface area contributed by atoms with Crippen LogP contribution in [0.25, 0.3) is 38.0 Å². The summed E-state index contributed by atoms with van der Waals surface area (Å²) in [7, 11) is 2.05. The molecule has 0 atom stereocenters. The fraction of sp³-hybridized carbons (Fsp3) is 0.250. The zero-order valence-corrected chi connectivity index (χ0v) is 16.2. The van der Waals surface area contributed by atoms with E-state index in [1.54, 1.807) is 0 Å². The number of benzene rings is 2. The summed E-state index contributed by atoms with van der Waals surface area (Å²) >= 11 is 0. The van der Waals surface area contributed by atoms with Gasteiger partial charge in [-0.3, -0.25) is 0 Å². The van der Waals surface area contributed by atoms with Gasteiger partial charge in [-0.15, -0.1) is 0 Å². The molecule has 0 N–H and O–H groups in total.